The maximum atomic E-state index is 11.6. The van der Waals surface area contributed by atoms with Crippen LogP contribution < -0.4 is 5.32 Å². The Morgan fingerprint density at radius 1 is 1.00 bits per heavy atom. The predicted molar refractivity (Wildman–Crippen MR) is 106 cm³/mol. The monoisotopic (exact) mass is 434 g/mol. The van der Waals surface area contributed by atoms with E-state index in [1.54, 1.807) is 24.3 Å². The number of hydrogen-bond donors (Lipinski definition) is 1. The largest absolute Gasteiger partial charge is 0.344 e. The van der Waals surface area contributed by atoms with Gasteiger partial charge in [-0.05, 0) is 36.4 Å². The number of halogens is 4. The number of benzene rings is 2. The smallest absolute Gasteiger partial charge is 0.320 e. The molecule has 0 saturated carbocycles. The van der Waals surface area contributed by atoms with Crippen LogP contribution in [0.1, 0.15) is 0 Å². The molecule has 9 heteroatoms. The third-order valence-electron chi connectivity index (χ3n) is 2.84. The second-order valence-electron chi connectivity index (χ2n) is 4.56. The molecule has 2 aromatic rings. The molecule has 0 amide bonds. The molecular formula is C16H10Cl4N2O2S. The molecular weight excluding hydrogens is 426 g/mol. The zero-order chi connectivity index (χ0) is 18.4. The van der Waals surface area contributed by atoms with Crippen LogP contribution in [0.25, 0.3) is 0 Å². The zero-order valence-electron chi connectivity index (χ0n) is 12.4. The minimum absolute atomic E-state index is 0.169. The first kappa shape index (κ1) is 19.9. The summed E-state index contributed by atoms with van der Waals surface area (Å²) in [5, 5.41) is 14.9. The van der Waals surface area contributed by atoms with Gasteiger partial charge in [0.05, 0.1) is 4.92 Å². The van der Waals surface area contributed by atoms with E-state index in [9.17, 15) is 10.1 Å². The van der Waals surface area contributed by atoms with Crippen LogP contribution in [0.4, 0.5) is 5.69 Å². The van der Waals surface area contributed by atoms with Crippen molar-refractivity contribution in [2.75, 3.05) is 5.32 Å². The van der Waals surface area contributed by atoms with Crippen molar-refractivity contribution in [3.8, 4) is 0 Å². The Balaban J connectivity index is 2.52. The van der Waals surface area contributed by atoms with E-state index in [0.717, 1.165) is 16.7 Å². The molecule has 25 heavy (non-hydrogen) atoms. The molecule has 0 aliphatic heterocycles. The molecule has 0 radical (unpaired) electrons. The number of thioether (sulfide) groups is 1. The summed E-state index contributed by atoms with van der Waals surface area (Å²) in [5.74, 6) is 0. The van der Waals surface area contributed by atoms with Gasteiger partial charge in [0.25, 0.3) is 0 Å². The van der Waals surface area contributed by atoms with Crippen molar-refractivity contribution < 1.29 is 4.92 Å². The van der Waals surface area contributed by atoms with Crippen molar-refractivity contribution in [3.05, 3.63) is 90.0 Å². The Labute approximate surface area is 168 Å². The highest BCUT2D eigenvalue weighted by Gasteiger charge is 2.26. The van der Waals surface area contributed by atoms with Crippen LogP contribution >= 0.6 is 58.2 Å². The SMILES string of the molecule is O=[N+]([O-])/C(C(Cl)=C(Cl)Cl)=C(/Nc1ccc(Cl)cc1)Sc1ccccc1. The lowest BCUT2D eigenvalue weighted by atomic mass is 10.3. The molecule has 2 rings (SSSR count). The Kier molecular flexibility index (Phi) is 7.47. The van der Waals surface area contributed by atoms with Crippen LogP contribution in [-0.4, -0.2) is 4.92 Å². The van der Waals surface area contributed by atoms with E-state index in [-0.39, 0.29) is 10.1 Å². The fourth-order valence-corrected chi connectivity index (χ4v) is 3.25. The summed E-state index contributed by atoms with van der Waals surface area (Å²) < 4.78 is -0.391. The maximum Gasteiger partial charge on any atom is 0.320 e. The summed E-state index contributed by atoms with van der Waals surface area (Å²) in [6.45, 7) is 0. The van der Waals surface area contributed by atoms with Crippen LogP contribution in [0.15, 0.2) is 79.7 Å². The number of nitro groups is 1. The van der Waals surface area contributed by atoms with Crippen molar-refractivity contribution in [3.63, 3.8) is 0 Å². The van der Waals surface area contributed by atoms with Crippen LogP contribution in [0, 0.1) is 10.1 Å². The number of hydrogen-bond acceptors (Lipinski definition) is 4. The average molecular weight is 436 g/mol. The lowest BCUT2D eigenvalue weighted by molar-refractivity contribution is -0.420. The van der Waals surface area contributed by atoms with Gasteiger partial charge in [-0.15, -0.1) is 0 Å². The minimum atomic E-state index is -0.638. The highest BCUT2D eigenvalue weighted by molar-refractivity contribution is 8.03. The summed E-state index contributed by atoms with van der Waals surface area (Å²) in [7, 11) is 0. The Bertz CT molecular complexity index is 820. The molecule has 0 atom stereocenters. The van der Waals surface area contributed by atoms with Crippen LogP contribution in [-0.2, 0) is 0 Å². The number of anilines is 1. The van der Waals surface area contributed by atoms with Gasteiger partial charge in [0.2, 0.25) is 0 Å². The predicted octanol–water partition coefficient (Wildman–Crippen LogP) is 6.88. The molecule has 0 saturated heterocycles. The minimum Gasteiger partial charge on any atom is -0.344 e. The molecule has 4 nitrogen and oxygen atoms in total. The lowest BCUT2D eigenvalue weighted by Crippen LogP contribution is -2.09. The van der Waals surface area contributed by atoms with Gasteiger partial charge < -0.3 is 5.32 Å². The molecule has 0 bridgehead atoms. The molecule has 0 unspecified atom stereocenters. The fraction of sp³-hybridized carbons (Fsp3) is 0. The van der Waals surface area contributed by atoms with Crippen molar-refractivity contribution in [1.29, 1.82) is 0 Å². The van der Waals surface area contributed by atoms with Crippen molar-refractivity contribution >= 4 is 63.9 Å². The van der Waals surface area contributed by atoms with Gasteiger partial charge in [-0.3, -0.25) is 10.1 Å². The molecule has 0 aromatic heterocycles. The van der Waals surface area contributed by atoms with Crippen LogP contribution in [0.2, 0.25) is 5.02 Å². The van der Waals surface area contributed by atoms with Crippen molar-refractivity contribution in [2.24, 2.45) is 0 Å². The van der Waals surface area contributed by atoms with E-state index in [4.69, 9.17) is 46.4 Å². The van der Waals surface area contributed by atoms with Crippen molar-refractivity contribution in [2.45, 2.75) is 4.90 Å². The standard InChI is InChI=1S/C16H10Cl4N2O2S/c17-10-6-8-11(9-7-10)21-16(25-12-4-2-1-3-5-12)14(22(23)24)13(18)15(19)20/h1-9,21H/b16-14-. The summed E-state index contributed by atoms with van der Waals surface area (Å²) in [6, 6.07) is 15.8. The van der Waals surface area contributed by atoms with Crippen LogP contribution in [0.5, 0.6) is 0 Å². The van der Waals surface area contributed by atoms with E-state index in [2.05, 4.69) is 5.32 Å². The highest BCUT2D eigenvalue weighted by Crippen LogP contribution is 2.36. The van der Waals surface area contributed by atoms with Gasteiger partial charge in [0.15, 0.2) is 10.1 Å². The first-order valence-corrected chi connectivity index (χ1v) is 9.06. The van der Waals surface area contributed by atoms with Crippen LogP contribution in [0.3, 0.4) is 0 Å². The summed E-state index contributed by atoms with van der Waals surface area (Å²) in [4.78, 5) is 11.7. The third kappa shape index (κ3) is 5.83. The molecule has 2 aromatic carbocycles. The Hall–Kier alpha value is -1.37. The second-order valence-corrected chi connectivity index (χ2v) is 7.40. The summed E-state index contributed by atoms with van der Waals surface area (Å²) >= 11 is 24.3. The van der Waals surface area contributed by atoms with Gasteiger partial charge in [0.1, 0.15) is 4.49 Å². The first-order valence-electron chi connectivity index (χ1n) is 6.73. The lowest BCUT2D eigenvalue weighted by Gasteiger charge is -2.12. The normalized spacial score (nSPS) is 11.5. The third-order valence-corrected chi connectivity index (χ3v) is 5.04. The van der Waals surface area contributed by atoms with E-state index < -0.39 is 15.1 Å². The van der Waals surface area contributed by atoms with Gasteiger partial charge in [-0.1, -0.05) is 76.4 Å². The number of nitrogens with one attached hydrogen (secondary N) is 1. The highest BCUT2D eigenvalue weighted by atomic mass is 35.5. The second kappa shape index (κ2) is 9.36. The molecule has 1 N–H and O–H groups in total. The zero-order valence-corrected chi connectivity index (χ0v) is 16.2. The van der Waals surface area contributed by atoms with E-state index in [0.29, 0.717) is 10.7 Å². The average Bonchev–Trinajstić information content (AvgIpc) is 2.57. The van der Waals surface area contributed by atoms with E-state index in [1.807, 2.05) is 30.3 Å². The van der Waals surface area contributed by atoms with Gasteiger partial charge in [0, 0.05) is 15.6 Å². The van der Waals surface area contributed by atoms with E-state index in [1.165, 1.54) is 0 Å². The topological polar surface area (TPSA) is 55.2 Å². The quantitative estimate of drug-likeness (QED) is 0.232. The Morgan fingerprint density at radius 2 is 1.60 bits per heavy atom. The van der Waals surface area contributed by atoms with Gasteiger partial charge in [-0.25, -0.2) is 0 Å². The number of allylic oxidation sites excluding steroid dienone is 1. The Morgan fingerprint density at radius 3 is 2.12 bits per heavy atom. The molecule has 0 heterocycles. The summed E-state index contributed by atoms with van der Waals surface area (Å²) in [5.41, 5.74) is 0.169. The number of rotatable bonds is 6. The fourth-order valence-electron chi connectivity index (χ4n) is 1.76. The van der Waals surface area contributed by atoms with Gasteiger partial charge in [-0.2, -0.15) is 0 Å². The first-order chi connectivity index (χ1) is 11.9. The summed E-state index contributed by atoms with van der Waals surface area (Å²) in [6.07, 6.45) is 0. The molecule has 0 fully saturated rings. The molecule has 0 spiro atoms. The molecule has 0 aliphatic carbocycles. The molecule has 0 aliphatic rings. The molecule has 130 valence electrons. The van der Waals surface area contributed by atoms with E-state index >= 15 is 0 Å². The van der Waals surface area contributed by atoms with Crippen molar-refractivity contribution in [1.82, 2.24) is 0 Å². The van der Waals surface area contributed by atoms with Gasteiger partial charge >= 0.3 is 5.70 Å². The maximum absolute atomic E-state index is 11.6. The number of nitrogens with zero attached hydrogens (tertiary/aromatic N) is 1.